The number of carbonyl (C=O) groups is 2. The van der Waals surface area contributed by atoms with Crippen LogP contribution in [0.3, 0.4) is 0 Å². The normalized spacial score (nSPS) is 11.8. The number of amides is 2. The standard InChI is InChI=1S/C22H27ClN2O3/c1-4-20(22(27)24-16(2)3)25(14-17-10-12-18(23)13-11-17)21(26)15-28-19-8-6-5-7-9-19/h5-13,16,20H,4,14-15H2,1-3H3,(H,24,27). The first-order valence-electron chi connectivity index (χ1n) is 9.42. The van der Waals surface area contributed by atoms with Gasteiger partial charge in [0, 0.05) is 17.6 Å². The SMILES string of the molecule is CCC(C(=O)NC(C)C)N(Cc1ccc(Cl)cc1)C(=O)COc1ccccc1. The minimum atomic E-state index is -0.579. The number of nitrogens with zero attached hydrogens (tertiary/aromatic N) is 1. The minimum absolute atomic E-state index is 0.00500. The Morgan fingerprint density at radius 3 is 2.29 bits per heavy atom. The molecule has 2 rings (SSSR count). The van der Waals surface area contributed by atoms with E-state index in [9.17, 15) is 9.59 Å². The molecule has 1 N–H and O–H groups in total. The molecule has 0 saturated heterocycles. The third-order valence-electron chi connectivity index (χ3n) is 4.19. The lowest BCUT2D eigenvalue weighted by molar-refractivity contribution is -0.143. The molecule has 2 amide bonds. The van der Waals surface area contributed by atoms with Gasteiger partial charge in [0.15, 0.2) is 6.61 Å². The van der Waals surface area contributed by atoms with Crippen molar-refractivity contribution < 1.29 is 14.3 Å². The number of nitrogens with one attached hydrogen (secondary N) is 1. The zero-order valence-electron chi connectivity index (χ0n) is 16.5. The van der Waals surface area contributed by atoms with Gasteiger partial charge < -0.3 is 15.0 Å². The Labute approximate surface area is 171 Å². The van der Waals surface area contributed by atoms with Crippen molar-refractivity contribution >= 4 is 23.4 Å². The molecule has 0 aromatic heterocycles. The Morgan fingerprint density at radius 1 is 1.07 bits per heavy atom. The van der Waals surface area contributed by atoms with Gasteiger partial charge in [0.25, 0.3) is 5.91 Å². The van der Waals surface area contributed by atoms with Crippen molar-refractivity contribution in [2.24, 2.45) is 0 Å². The van der Waals surface area contributed by atoms with E-state index < -0.39 is 6.04 Å². The van der Waals surface area contributed by atoms with Gasteiger partial charge in [0.1, 0.15) is 11.8 Å². The number of hydrogen-bond donors (Lipinski definition) is 1. The number of ether oxygens (including phenoxy) is 1. The second-order valence-electron chi connectivity index (χ2n) is 6.84. The molecule has 0 spiro atoms. The summed E-state index contributed by atoms with van der Waals surface area (Å²) >= 11 is 5.96. The van der Waals surface area contributed by atoms with Gasteiger partial charge in [0.2, 0.25) is 5.91 Å². The van der Waals surface area contributed by atoms with Crippen molar-refractivity contribution in [1.29, 1.82) is 0 Å². The van der Waals surface area contributed by atoms with Crippen LogP contribution < -0.4 is 10.1 Å². The van der Waals surface area contributed by atoms with Crippen LogP contribution in [0.5, 0.6) is 5.75 Å². The highest BCUT2D eigenvalue weighted by Gasteiger charge is 2.29. The van der Waals surface area contributed by atoms with E-state index >= 15 is 0 Å². The number of hydrogen-bond acceptors (Lipinski definition) is 3. The van der Waals surface area contributed by atoms with E-state index in [1.54, 1.807) is 29.2 Å². The molecule has 6 heteroatoms. The first-order chi connectivity index (χ1) is 13.4. The monoisotopic (exact) mass is 402 g/mol. The van der Waals surface area contributed by atoms with Crippen molar-refractivity contribution in [3.05, 3.63) is 65.2 Å². The fourth-order valence-electron chi connectivity index (χ4n) is 2.83. The number of carbonyl (C=O) groups excluding carboxylic acids is 2. The molecular formula is C22H27ClN2O3. The summed E-state index contributed by atoms with van der Waals surface area (Å²) in [7, 11) is 0. The highest BCUT2D eigenvalue weighted by atomic mass is 35.5. The van der Waals surface area contributed by atoms with Crippen LogP contribution >= 0.6 is 11.6 Å². The van der Waals surface area contributed by atoms with Crippen LogP contribution in [-0.4, -0.2) is 35.4 Å². The van der Waals surface area contributed by atoms with Crippen molar-refractivity contribution in [2.75, 3.05) is 6.61 Å². The van der Waals surface area contributed by atoms with Crippen molar-refractivity contribution in [2.45, 2.75) is 45.8 Å². The van der Waals surface area contributed by atoms with E-state index in [2.05, 4.69) is 5.32 Å². The fraction of sp³-hybridized carbons (Fsp3) is 0.364. The van der Waals surface area contributed by atoms with Gasteiger partial charge in [-0.25, -0.2) is 0 Å². The van der Waals surface area contributed by atoms with Crippen LogP contribution in [0.2, 0.25) is 5.02 Å². The van der Waals surface area contributed by atoms with Crippen LogP contribution in [0.15, 0.2) is 54.6 Å². The minimum Gasteiger partial charge on any atom is -0.484 e. The summed E-state index contributed by atoms with van der Waals surface area (Å²) in [5.41, 5.74) is 0.897. The maximum Gasteiger partial charge on any atom is 0.261 e. The van der Waals surface area contributed by atoms with E-state index in [1.807, 2.05) is 51.1 Å². The summed E-state index contributed by atoms with van der Waals surface area (Å²) < 4.78 is 5.62. The molecule has 0 heterocycles. The number of halogens is 1. The first-order valence-corrected chi connectivity index (χ1v) is 9.80. The molecule has 2 aromatic carbocycles. The number of benzene rings is 2. The van der Waals surface area contributed by atoms with E-state index in [-0.39, 0.29) is 24.5 Å². The molecule has 1 unspecified atom stereocenters. The summed E-state index contributed by atoms with van der Waals surface area (Å²) in [5, 5.41) is 3.53. The fourth-order valence-corrected chi connectivity index (χ4v) is 2.96. The largest absolute Gasteiger partial charge is 0.484 e. The lowest BCUT2D eigenvalue weighted by atomic mass is 10.1. The topological polar surface area (TPSA) is 58.6 Å². The molecule has 1 atom stereocenters. The third-order valence-corrected chi connectivity index (χ3v) is 4.44. The maximum atomic E-state index is 13.0. The summed E-state index contributed by atoms with van der Waals surface area (Å²) in [4.78, 5) is 27.2. The molecular weight excluding hydrogens is 376 g/mol. The average molecular weight is 403 g/mol. The highest BCUT2D eigenvalue weighted by molar-refractivity contribution is 6.30. The summed E-state index contributed by atoms with van der Waals surface area (Å²) in [6.07, 6.45) is 0.503. The predicted molar refractivity (Wildman–Crippen MR) is 111 cm³/mol. The van der Waals surface area contributed by atoms with Gasteiger partial charge in [-0.1, -0.05) is 48.9 Å². The van der Waals surface area contributed by atoms with E-state index in [1.165, 1.54) is 0 Å². The number of para-hydroxylation sites is 1. The van der Waals surface area contributed by atoms with E-state index in [0.29, 0.717) is 23.7 Å². The van der Waals surface area contributed by atoms with Crippen LogP contribution in [-0.2, 0) is 16.1 Å². The number of rotatable bonds is 9. The summed E-state index contributed by atoms with van der Waals surface area (Å²) in [5.74, 6) is 0.200. The second-order valence-corrected chi connectivity index (χ2v) is 7.27. The van der Waals surface area contributed by atoms with Gasteiger partial charge in [0.05, 0.1) is 0 Å². The molecule has 0 aliphatic heterocycles. The predicted octanol–water partition coefficient (Wildman–Crippen LogP) is 4.05. The molecule has 150 valence electrons. The molecule has 0 bridgehead atoms. The molecule has 5 nitrogen and oxygen atoms in total. The Kier molecular flexibility index (Phi) is 8.33. The maximum absolute atomic E-state index is 13.0. The zero-order valence-corrected chi connectivity index (χ0v) is 17.3. The quantitative estimate of drug-likeness (QED) is 0.688. The molecule has 0 aliphatic rings. The Morgan fingerprint density at radius 2 is 1.71 bits per heavy atom. The summed E-state index contributed by atoms with van der Waals surface area (Å²) in [6, 6.07) is 15.8. The van der Waals surface area contributed by atoms with Crippen LogP contribution in [0.1, 0.15) is 32.8 Å². The first kappa shape index (κ1) is 21.8. The Hall–Kier alpha value is -2.53. The molecule has 28 heavy (non-hydrogen) atoms. The molecule has 0 fully saturated rings. The second kappa shape index (κ2) is 10.7. The van der Waals surface area contributed by atoms with Crippen LogP contribution in [0.25, 0.3) is 0 Å². The average Bonchev–Trinajstić information content (AvgIpc) is 2.67. The van der Waals surface area contributed by atoms with Crippen LogP contribution in [0.4, 0.5) is 0 Å². The third kappa shape index (κ3) is 6.57. The van der Waals surface area contributed by atoms with Gasteiger partial charge >= 0.3 is 0 Å². The van der Waals surface area contributed by atoms with Crippen molar-refractivity contribution in [1.82, 2.24) is 10.2 Å². The zero-order chi connectivity index (χ0) is 20.5. The Balaban J connectivity index is 2.18. The van der Waals surface area contributed by atoms with Crippen molar-refractivity contribution in [3.8, 4) is 5.75 Å². The molecule has 2 aromatic rings. The van der Waals surface area contributed by atoms with E-state index in [4.69, 9.17) is 16.3 Å². The highest BCUT2D eigenvalue weighted by Crippen LogP contribution is 2.16. The Bertz CT molecular complexity index is 763. The lowest BCUT2D eigenvalue weighted by Gasteiger charge is -2.31. The molecule has 0 saturated carbocycles. The summed E-state index contributed by atoms with van der Waals surface area (Å²) in [6.45, 7) is 5.86. The van der Waals surface area contributed by atoms with E-state index in [0.717, 1.165) is 5.56 Å². The van der Waals surface area contributed by atoms with Gasteiger partial charge in [-0.3, -0.25) is 9.59 Å². The smallest absolute Gasteiger partial charge is 0.261 e. The van der Waals surface area contributed by atoms with Crippen LogP contribution in [0, 0.1) is 0 Å². The van der Waals surface area contributed by atoms with Gasteiger partial charge in [-0.15, -0.1) is 0 Å². The lowest BCUT2D eigenvalue weighted by Crippen LogP contribution is -2.51. The molecule has 0 aliphatic carbocycles. The van der Waals surface area contributed by atoms with Gasteiger partial charge in [-0.05, 0) is 50.1 Å². The van der Waals surface area contributed by atoms with Crippen molar-refractivity contribution in [3.63, 3.8) is 0 Å². The van der Waals surface area contributed by atoms with Gasteiger partial charge in [-0.2, -0.15) is 0 Å². The molecule has 0 radical (unpaired) electrons.